The summed E-state index contributed by atoms with van der Waals surface area (Å²) < 4.78 is 5.65. The highest BCUT2D eigenvalue weighted by molar-refractivity contribution is 6.33. The molecule has 0 saturated carbocycles. The van der Waals surface area contributed by atoms with Crippen LogP contribution in [0.3, 0.4) is 0 Å². The van der Waals surface area contributed by atoms with Crippen LogP contribution in [-0.4, -0.2) is 35.0 Å². The van der Waals surface area contributed by atoms with Crippen molar-refractivity contribution in [3.05, 3.63) is 58.7 Å². The molecule has 0 N–H and O–H groups in total. The number of hydrogen-bond acceptors (Lipinski definition) is 4. The highest BCUT2D eigenvalue weighted by Gasteiger charge is 2.33. The molecule has 1 aliphatic rings. The van der Waals surface area contributed by atoms with E-state index in [0.717, 1.165) is 0 Å². The molecule has 0 atom stereocenters. The molecule has 1 aromatic heterocycles. The molecule has 0 spiro atoms. The van der Waals surface area contributed by atoms with Gasteiger partial charge in [-0.1, -0.05) is 23.7 Å². The lowest BCUT2D eigenvalue weighted by Crippen LogP contribution is -2.56. The normalized spacial score (nSPS) is 14.1. The van der Waals surface area contributed by atoms with Crippen LogP contribution in [0.15, 0.2) is 42.6 Å². The van der Waals surface area contributed by atoms with Gasteiger partial charge in [-0.15, -0.1) is 0 Å². The molecule has 5 nitrogen and oxygen atoms in total. The van der Waals surface area contributed by atoms with E-state index in [1.807, 2.05) is 6.07 Å². The Bertz CT molecular complexity index is 734. The molecule has 6 heteroatoms. The van der Waals surface area contributed by atoms with E-state index in [4.69, 9.17) is 21.6 Å². The molecule has 1 aliphatic heterocycles. The lowest BCUT2D eigenvalue weighted by molar-refractivity contribution is 0.0160. The maximum absolute atomic E-state index is 12.3. The average molecular weight is 314 g/mol. The van der Waals surface area contributed by atoms with E-state index >= 15 is 0 Å². The maximum Gasteiger partial charge on any atom is 0.255 e. The number of rotatable bonds is 3. The summed E-state index contributed by atoms with van der Waals surface area (Å²) in [7, 11) is 0. The SMILES string of the molecule is N#Cc1ccc(OC2CN(C(=O)c3ccccc3Cl)C2)nc1. The monoisotopic (exact) mass is 313 g/mol. The zero-order valence-electron chi connectivity index (χ0n) is 11.6. The lowest BCUT2D eigenvalue weighted by Gasteiger charge is -2.38. The van der Waals surface area contributed by atoms with Gasteiger partial charge in [0.1, 0.15) is 12.2 Å². The van der Waals surface area contributed by atoms with Crippen LogP contribution in [0.4, 0.5) is 0 Å². The van der Waals surface area contributed by atoms with Crippen LogP contribution in [0.25, 0.3) is 0 Å². The maximum atomic E-state index is 12.3. The second kappa shape index (κ2) is 6.04. The molecular weight excluding hydrogens is 302 g/mol. The first-order valence-electron chi connectivity index (χ1n) is 6.74. The van der Waals surface area contributed by atoms with Gasteiger partial charge >= 0.3 is 0 Å². The third kappa shape index (κ3) is 2.87. The molecule has 0 unspecified atom stereocenters. The van der Waals surface area contributed by atoms with Gasteiger partial charge < -0.3 is 9.64 Å². The van der Waals surface area contributed by atoms with Crippen molar-refractivity contribution < 1.29 is 9.53 Å². The Morgan fingerprint density at radius 1 is 1.32 bits per heavy atom. The number of nitriles is 1. The fraction of sp³-hybridized carbons (Fsp3) is 0.188. The Balaban J connectivity index is 1.57. The van der Waals surface area contributed by atoms with Gasteiger partial charge in [0.2, 0.25) is 5.88 Å². The van der Waals surface area contributed by atoms with E-state index in [-0.39, 0.29) is 12.0 Å². The van der Waals surface area contributed by atoms with Crippen molar-refractivity contribution in [3.8, 4) is 11.9 Å². The first kappa shape index (κ1) is 14.4. The number of carbonyl (C=O) groups excluding carboxylic acids is 1. The van der Waals surface area contributed by atoms with Crippen molar-refractivity contribution in [1.82, 2.24) is 9.88 Å². The molecule has 1 aromatic carbocycles. The second-order valence-corrected chi connectivity index (χ2v) is 5.33. The molecule has 22 heavy (non-hydrogen) atoms. The Kier molecular flexibility index (Phi) is 3.94. The predicted octanol–water partition coefficient (Wildman–Crippen LogP) is 2.51. The summed E-state index contributed by atoms with van der Waals surface area (Å²) >= 11 is 6.02. The summed E-state index contributed by atoms with van der Waals surface area (Å²) in [5, 5.41) is 9.16. The smallest absolute Gasteiger partial charge is 0.255 e. The number of aromatic nitrogens is 1. The van der Waals surface area contributed by atoms with Gasteiger partial charge in [0.05, 0.1) is 29.2 Å². The Hall–Kier alpha value is -2.58. The van der Waals surface area contributed by atoms with E-state index in [1.165, 1.54) is 6.20 Å². The predicted molar refractivity (Wildman–Crippen MR) is 80.7 cm³/mol. The molecule has 1 saturated heterocycles. The van der Waals surface area contributed by atoms with E-state index in [9.17, 15) is 4.79 Å². The van der Waals surface area contributed by atoms with Crippen LogP contribution in [0.5, 0.6) is 5.88 Å². The van der Waals surface area contributed by atoms with Crippen LogP contribution < -0.4 is 4.74 Å². The van der Waals surface area contributed by atoms with Gasteiger partial charge in [-0.2, -0.15) is 5.26 Å². The molecule has 0 aliphatic carbocycles. The summed E-state index contributed by atoms with van der Waals surface area (Å²) in [5.74, 6) is 0.354. The minimum absolute atomic E-state index is 0.0909. The summed E-state index contributed by atoms with van der Waals surface area (Å²) in [6.07, 6.45) is 1.37. The van der Waals surface area contributed by atoms with E-state index < -0.39 is 0 Å². The van der Waals surface area contributed by atoms with Gasteiger partial charge in [0.25, 0.3) is 5.91 Å². The molecular formula is C16H12ClN3O2. The fourth-order valence-corrected chi connectivity index (χ4v) is 2.39. The first-order valence-corrected chi connectivity index (χ1v) is 7.12. The van der Waals surface area contributed by atoms with Crippen LogP contribution >= 0.6 is 11.6 Å². The largest absolute Gasteiger partial charge is 0.471 e. The zero-order valence-corrected chi connectivity index (χ0v) is 12.3. The Morgan fingerprint density at radius 3 is 2.73 bits per heavy atom. The van der Waals surface area contributed by atoms with Gasteiger partial charge in [-0.3, -0.25) is 4.79 Å². The average Bonchev–Trinajstić information content (AvgIpc) is 2.51. The van der Waals surface area contributed by atoms with E-state index in [0.29, 0.717) is 35.1 Å². The molecule has 2 aromatic rings. The van der Waals surface area contributed by atoms with Gasteiger partial charge in [-0.05, 0) is 18.2 Å². The number of pyridine rings is 1. The number of amides is 1. The van der Waals surface area contributed by atoms with Crippen molar-refractivity contribution in [2.75, 3.05) is 13.1 Å². The third-order valence-corrected chi connectivity index (χ3v) is 3.72. The van der Waals surface area contributed by atoms with Crippen LogP contribution in [0.2, 0.25) is 5.02 Å². The van der Waals surface area contributed by atoms with Crippen molar-refractivity contribution >= 4 is 17.5 Å². The number of likely N-dealkylation sites (tertiary alicyclic amines) is 1. The number of hydrogen-bond donors (Lipinski definition) is 0. The number of halogens is 1. The van der Waals surface area contributed by atoms with Crippen molar-refractivity contribution in [2.45, 2.75) is 6.10 Å². The quantitative estimate of drug-likeness (QED) is 0.873. The topological polar surface area (TPSA) is 66.2 Å². The lowest BCUT2D eigenvalue weighted by atomic mass is 10.1. The van der Waals surface area contributed by atoms with Crippen LogP contribution in [0.1, 0.15) is 15.9 Å². The van der Waals surface area contributed by atoms with E-state index in [2.05, 4.69) is 4.98 Å². The van der Waals surface area contributed by atoms with Gasteiger partial charge in [0, 0.05) is 12.3 Å². The van der Waals surface area contributed by atoms with Crippen molar-refractivity contribution in [3.63, 3.8) is 0 Å². The van der Waals surface area contributed by atoms with Gasteiger partial charge in [-0.25, -0.2) is 4.98 Å². The second-order valence-electron chi connectivity index (χ2n) is 4.93. The number of nitrogens with zero attached hydrogens (tertiary/aromatic N) is 3. The van der Waals surface area contributed by atoms with Crippen LogP contribution in [-0.2, 0) is 0 Å². The minimum Gasteiger partial charge on any atom is -0.471 e. The third-order valence-electron chi connectivity index (χ3n) is 3.39. The highest BCUT2D eigenvalue weighted by atomic mass is 35.5. The summed E-state index contributed by atoms with van der Waals surface area (Å²) in [6.45, 7) is 0.984. The zero-order chi connectivity index (χ0) is 15.5. The Labute approximate surface area is 132 Å². The molecule has 2 heterocycles. The van der Waals surface area contributed by atoms with E-state index in [1.54, 1.807) is 41.3 Å². The molecule has 110 valence electrons. The fourth-order valence-electron chi connectivity index (χ4n) is 2.17. The summed E-state index contributed by atoms with van der Waals surface area (Å²) in [4.78, 5) is 18.0. The van der Waals surface area contributed by atoms with Crippen molar-refractivity contribution in [1.29, 1.82) is 5.26 Å². The van der Waals surface area contributed by atoms with Crippen LogP contribution in [0, 0.1) is 11.3 Å². The molecule has 1 amide bonds. The minimum atomic E-state index is -0.0989. The van der Waals surface area contributed by atoms with Gasteiger partial charge in [0.15, 0.2) is 0 Å². The molecule has 3 rings (SSSR count). The summed E-state index contributed by atoms with van der Waals surface area (Å²) in [6, 6.07) is 12.3. The molecule has 1 fully saturated rings. The number of carbonyl (C=O) groups is 1. The number of benzene rings is 1. The highest BCUT2D eigenvalue weighted by Crippen LogP contribution is 2.22. The first-order chi connectivity index (χ1) is 10.7. The molecule has 0 bridgehead atoms. The summed E-state index contributed by atoms with van der Waals surface area (Å²) in [5.41, 5.74) is 0.982. The standard InChI is InChI=1S/C16H12ClN3O2/c17-14-4-2-1-3-13(14)16(21)20-9-12(10-20)22-15-6-5-11(7-18)8-19-15/h1-6,8,12H,9-10H2. The Morgan fingerprint density at radius 2 is 2.09 bits per heavy atom. The van der Waals surface area contributed by atoms with Crippen molar-refractivity contribution in [2.24, 2.45) is 0 Å². The number of ether oxygens (including phenoxy) is 1. The molecule has 0 radical (unpaired) electrons.